The number of aryl methyl sites for hydroxylation is 1. The van der Waals surface area contributed by atoms with Crippen molar-refractivity contribution in [1.29, 1.82) is 0 Å². The molecule has 0 amide bonds. The fourth-order valence-electron chi connectivity index (χ4n) is 3.94. The van der Waals surface area contributed by atoms with Crippen molar-refractivity contribution < 1.29 is 13.5 Å². The molecule has 0 spiro atoms. The molecule has 2 heterocycles. The average Bonchev–Trinajstić information content (AvgIpc) is 3.30. The Labute approximate surface area is 196 Å². The molecule has 0 aliphatic rings. The van der Waals surface area contributed by atoms with E-state index in [0.717, 1.165) is 22.3 Å². The van der Waals surface area contributed by atoms with Gasteiger partial charge in [-0.1, -0.05) is 36.4 Å². The first-order chi connectivity index (χ1) is 16.4. The fourth-order valence-corrected chi connectivity index (χ4v) is 4.98. The molecule has 3 aromatic carbocycles. The topological polar surface area (TPSA) is 53.2 Å². The summed E-state index contributed by atoms with van der Waals surface area (Å²) in [5.74, 6) is -1.28. The quantitative estimate of drug-likeness (QED) is 0.350. The van der Waals surface area contributed by atoms with E-state index in [0.29, 0.717) is 38.3 Å². The van der Waals surface area contributed by atoms with Gasteiger partial charge in [0, 0.05) is 24.1 Å². The SMILES string of the molecule is COc1cccc(-n2c(=O)c3c(-c4ccc(-c5ccc(F)c(F)c5)cc4)csc3n(C)c2=O)c1. The molecule has 0 unspecified atom stereocenters. The molecule has 8 heteroatoms. The number of aromatic nitrogens is 2. The van der Waals surface area contributed by atoms with Crippen LogP contribution in [0.5, 0.6) is 5.75 Å². The number of fused-ring (bicyclic) bond motifs is 1. The third kappa shape index (κ3) is 3.52. The van der Waals surface area contributed by atoms with Gasteiger partial charge in [0.25, 0.3) is 5.56 Å². The van der Waals surface area contributed by atoms with Gasteiger partial charge in [-0.3, -0.25) is 9.36 Å². The van der Waals surface area contributed by atoms with E-state index in [1.807, 2.05) is 17.5 Å². The van der Waals surface area contributed by atoms with Crippen LogP contribution >= 0.6 is 11.3 Å². The van der Waals surface area contributed by atoms with E-state index in [1.165, 1.54) is 29.1 Å². The lowest BCUT2D eigenvalue weighted by molar-refractivity contribution is 0.414. The van der Waals surface area contributed by atoms with Gasteiger partial charge < -0.3 is 4.74 Å². The number of thiophene rings is 1. The summed E-state index contributed by atoms with van der Waals surface area (Å²) in [4.78, 5) is 27.2. The Bertz CT molecular complexity index is 1670. The van der Waals surface area contributed by atoms with Crippen LogP contribution in [0.1, 0.15) is 0 Å². The molecule has 0 aliphatic carbocycles. The summed E-state index contributed by atoms with van der Waals surface area (Å²) in [5.41, 5.74) is 2.25. The molecule has 34 heavy (non-hydrogen) atoms. The first-order valence-corrected chi connectivity index (χ1v) is 11.2. The minimum absolute atomic E-state index is 0.415. The Morgan fingerprint density at radius 1 is 0.853 bits per heavy atom. The van der Waals surface area contributed by atoms with Crippen molar-refractivity contribution in [3.05, 3.63) is 105 Å². The van der Waals surface area contributed by atoms with Crippen LogP contribution in [0.2, 0.25) is 0 Å². The second-order valence-corrected chi connectivity index (χ2v) is 8.58. The van der Waals surface area contributed by atoms with Crippen molar-refractivity contribution in [2.75, 3.05) is 7.11 Å². The molecule has 0 fully saturated rings. The molecule has 2 aromatic heterocycles. The number of rotatable bonds is 4. The third-order valence-electron chi connectivity index (χ3n) is 5.73. The van der Waals surface area contributed by atoms with Crippen molar-refractivity contribution >= 4 is 21.6 Å². The molecule has 0 bridgehead atoms. The number of nitrogens with zero attached hydrogens (tertiary/aromatic N) is 2. The van der Waals surface area contributed by atoms with Crippen LogP contribution in [0.4, 0.5) is 8.78 Å². The molecule has 170 valence electrons. The lowest BCUT2D eigenvalue weighted by Crippen LogP contribution is -2.37. The van der Waals surface area contributed by atoms with Crippen molar-refractivity contribution in [3.63, 3.8) is 0 Å². The summed E-state index contributed by atoms with van der Waals surface area (Å²) >= 11 is 1.31. The van der Waals surface area contributed by atoms with Gasteiger partial charge >= 0.3 is 5.69 Å². The van der Waals surface area contributed by atoms with E-state index >= 15 is 0 Å². The maximum absolute atomic E-state index is 13.6. The molecule has 0 aliphatic heterocycles. The second kappa shape index (κ2) is 8.39. The molecule has 5 aromatic rings. The highest BCUT2D eigenvalue weighted by atomic mass is 32.1. The number of halogens is 2. The molecular formula is C26H18F2N2O3S. The molecule has 0 N–H and O–H groups in total. The highest BCUT2D eigenvalue weighted by Gasteiger charge is 2.19. The Hall–Kier alpha value is -4.04. The summed E-state index contributed by atoms with van der Waals surface area (Å²) in [6.45, 7) is 0. The first kappa shape index (κ1) is 21.8. The number of benzene rings is 3. The summed E-state index contributed by atoms with van der Waals surface area (Å²) in [6, 6.07) is 17.7. The van der Waals surface area contributed by atoms with Crippen LogP contribution in [0.25, 0.3) is 38.2 Å². The largest absolute Gasteiger partial charge is 0.497 e. The van der Waals surface area contributed by atoms with Gasteiger partial charge in [-0.15, -0.1) is 11.3 Å². The van der Waals surface area contributed by atoms with E-state index in [4.69, 9.17) is 4.74 Å². The normalized spacial score (nSPS) is 11.2. The van der Waals surface area contributed by atoms with Gasteiger partial charge in [-0.25, -0.2) is 18.1 Å². The van der Waals surface area contributed by atoms with Gasteiger partial charge in [0.05, 0.1) is 18.2 Å². The zero-order valence-electron chi connectivity index (χ0n) is 18.2. The van der Waals surface area contributed by atoms with Gasteiger partial charge in [0.15, 0.2) is 11.6 Å². The van der Waals surface area contributed by atoms with Crippen LogP contribution in [-0.4, -0.2) is 16.2 Å². The fraction of sp³-hybridized carbons (Fsp3) is 0.0769. The Morgan fingerprint density at radius 3 is 2.26 bits per heavy atom. The molecule has 0 atom stereocenters. The Kier molecular flexibility index (Phi) is 5.37. The lowest BCUT2D eigenvalue weighted by atomic mass is 10.0. The highest BCUT2D eigenvalue weighted by molar-refractivity contribution is 7.17. The minimum atomic E-state index is -0.913. The number of ether oxygens (including phenoxy) is 1. The van der Waals surface area contributed by atoms with Crippen LogP contribution in [0, 0.1) is 11.6 Å². The smallest absolute Gasteiger partial charge is 0.336 e. The van der Waals surface area contributed by atoms with Gasteiger partial charge in [0.2, 0.25) is 0 Å². The molecule has 5 rings (SSSR count). The molecule has 5 nitrogen and oxygen atoms in total. The Morgan fingerprint density at radius 2 is 1.56 bits per heavy atom. The third-order valence-corrected chi connectivity index (χ3v) is 6.79. The van der Waals surface area contributed by atoms with Gasteiger partial charge in [-0.05, 0) is 41.0 Å². The van der Waals surface area contributed by atoms with E-state index in [1.54, 1.807) is 43.4 Å². The van der Waals surface area contributed by atoms with E-state index in [9.17, 15) is 18.4 Å². The standard InChI is InChI=1S/C26H18F2N2O3S/c1-29-25-23(24(31)30(26(29)32)18-4-3-5-19(13-18)33-2)20(14-34-25)16-8-6-15(7-9-16)17-10-11-21(27)22(28)12-17/h3-14H,1-2H3. The number of hydrogen-bond donors (Lipinski definition) is 0. The monoisotopic (exact) mass is 476 g/mol. The lowest BCUT2D eigenvalue weighted by Gasteiger charge is -2.11. The predicted octanol–water partition coefficient (Wildman–Crippen LogP) is 5.37. The predicted molar refractivity (Wildman–Crippen MR) is 130 cm³/mol. The highest BCUT2D eigenvalue weighted by Crippen LogP contribution is 2.33. The van der Waals surface area contributed by atoms with E-state index in [2.05, 4.69) is 0 Å². The number of methoxy groups -OCH3 is 1. The van der Waals surface area contributed by atoms with E-state index < -0.39 is 22.9 Å². The second-order valence-electron chi connectivity index (χ2n) is 7.72. The molecular weight excluding hydrogens is 458 g/mol. The zero-order chi connectivity index (χ0) is 24.0. The molecule has 0 saturated carbocycles. The minimum Gasteiger partial charge on any atom is -0.497 e. The van der Waals surface area contributed by atoms with Crippen molar-refractivity contribution in [3.8, 4) is 33.7 Å². The van der Waals surface area contributed by atoms with Crippen LogP contribution in [0.3, 0.4) is 0 Å². The summed E-state index contributed by atoms with van der Waals surface area (Å²) in [6.07, 6.45) is 0. The average molecular weight is 477 g/mol. The summed E-state index contributed by atoms with van der Waals surface area (Å²) in [7, 11) is 3.15. The van der Waals surface area contributed by atoms with Crippen LogP contribution in [-0.2, 0) is 7.05 Å². The van der Waals surface area contributed by atoms with Gasteiger partial charge in [0.1, 0.15) is 10.6 Å². The van der Waals surface area contributed by atoms with E-state index in [-0.39, 0.29) is 0 Å². The molecule has 0 saturated heterocycles. The summed E-state index contributed by atoms with van der Waals surface area (Å²) < 4.78 is 34.7. The first-order valence-electron chi connectivity index (χ1n) is 10.3. The van der Waals surface area contributed by atoms with Crippen molar-refractivity contribution in [2.24, 2.45) is 7.05 Å². The maximum atomic E-state index is 13.6. The summed E-state index contributed by atoms with van der Waals surface area (Å²) in [5, 5.41) is 2.27. The Balaban J connectivity index is 1.66. The van der Waals surface area contributed by atoms with Gasteiger partial charge in [-0.2, -0.15) is 0 Å². The molecule has 0 radical (unpaired) electrons. The van der Waals surface area contributed by atoms with Crippen molar-refractivity contribution in [2.45, 2.75) is 0 Å². The number of hydrogen-bond acceptors (Lipinski definition) is 4. The van der Waals surface area contributed by atoms with Crippen LogP contribution in [0.15, 0.2) is 81.7 Å². The van der Waals surface area contributed by atoms with Crippen LogP contribution < -0.4 is 16.0 Å². The maximum Gasteiger partial charge on any atom is 0.336 e. The zero-order valence-corrected chi connectivity index (χ0v) is 19.0. The van der Waals surface area contributed by atoms with Crippen molar-refractivity contribution in [1.82, 2.24) is 9.13 Å².